The van der Waals surface area contributed by atoms with Crippen molar-refractivity contribution in [3.8, 4) is 22.1 Å². The first-order valence-electron chi connectivity index (χ1n) is 7.17. The minimum absolute atomic E-state index is 0.624. The Balaban J connectivity index is 2.37. The molecular weight excluding hydrogens is 284 g/mol. The number of hydrogen-bond acceptors (Lipinski definition) is 5. The van der Waals surface area contributed by atoms with Crippen LogP contribution in [-0.4, -0.2) is 25.7 Å². The van der Waals surface area contributed by atoms with E-state index in [1.165, 1.54) is 4.88 Å². The van der Waals surface area contributed by atoms with Gasteiger partial charge in [0.1, 0.15) is 5.01 Å². The van der Waals surface area contributed by atoms with Crippen LogP contribution < -0.4 is 14.8 Å². The van der Waals surface area contributed by atoms with Crippen molar-refractivity contribution in [3.63, 3.8) is 0 Å². The molecule has 0 atom stereocenters. The van der Waals surface area contributed by atoms with Crippen molar-refractivity contribution in [1.29, 1.82) is 0 Å². The molecule has 0 radical (unpaired) electrons. The first kappa shape index (κ1) is 15.8. The van der Waals surface area contributed by atoms with E-state index in [0.29, 0.717) is 6.61 Å². The molecule has 1 aromatic heterocycles. The average molecular weight is 306 g/mol. The molecule has 1 aromatic carbocycles. The number of aromatic nitrogens is 1. The Morgan fingerprint density at radius 3 is 2.67 bits per heavy atom. The summed E-state index contributed by atoms with van der Waals surface area (Å²) in [7, 11) is 3.62. The van der Waals surface area contributed by atoms with Crippen molar-refractivity contribution < 1.29 is 9.47 Å². The lowest BCUT2D eigenvalue weighted by Crippen LogP contribution is -2.05. The van der Waals surface area contributed by atoms with Crippen molar-refractivity contribution in [2.45, 2.75) is 26.8 Å². The SMILES string of the molecule is CCOc1ccc(-c2nc(CC)c(CNC)s2)cc1OC. The van der Waals surface area contributed by atoms with Crippen molar-refractivity contribution in [2.75, 3.05) is 20.8 Å². The Morgan fingerprint density at radius 2 is 2.05 bits per heavy atom. The molecule has 0 fully saturated rings. The number of ether oxygens (including phenoxy) is 2. The molecule has 0 spiro atoms. The summed E-state index contributed by atoms with van der Waals surface area (Å²) in [6, 6.07) is 5.98. The van der Waals surface area contributed by atoms with Gasteiger partial charge in [0.25, 0.3) is 0 Å². The van der Waals surface area contributed by atoms with Gasteiger partial charge in [-0.3, -0.25) is 0 Å². The molecule has 21 heavy (non-hydrogen) atoms. The van der Waals surface area contributed by atoms with E-state index < -0.39 is 0 Å². The van der Waals surface area contributed by atoms with Crippen LogP contribution in [0.3, 0.4) is 0 Å². The normalized spacial score (nSPS) is 10.7. The molecule has 5 heteroatoms. The predicted molar refractivity (Wildman–Crippen MR) is 87.4 cm³/mol. The maximum absolute atomic E-state index is 5.56. The smallest absolute Gasteiger partial charge is 0.161 e. The summed E-state index contributed by atoms with van der Waals surface area (Å²) in [5.41, 5.74) is 2.23. The third-order valence-electron chi connectivity index (χ3n) is 3.16. The highest BCUT2D eigenvalue weighted by Crippen LogP contribution is 2.35. The van der Waals surface area contributed by atoms with Crippen LogP contribution in [-0.2, 0) is 13.0 Å². The molecule has 2 rings (SSSR count). The van der Waals surface area contributed by atoms with Gasteiger partial charge in [-0.2, -0.15) is 0 Å². The second kappa shape index (κ2) is 7.43. The zero-order valence-corrected chi connectivity index (χ0v) is 13.8. The van der Waals surface area contributed by atoms with Gasteiger partial charge in [-0.05, 0) is 38.6 Å². The topological polar surface area (TPSA) is 43.4 Å². The number of aryl methyl sites for hydroxylation is 1. The van der Waals surface area contributed by atoms with Crippen molar-refractivity contribution in [2.24, 2.45) is 0 Å². The van der Waals surface area contributed by atoms with E-state index in [1.54, 1.807) is 18.4 Å². The van der Waals surface area contributed by atoms with Crippen molar-refractivity contribution >= 4 is 11.3 Å². The number of rotatable bonds is 7. The van der Waals surface area contributed by atoms with Gasteiger partial charge in [-0.25, -0.2) is 4.98 Å². The summed E-state index contributed by atoms with van der Waals surface area (Å²) < 4.78 is 11.0. The Hall–Kier alpha value is -1.59. The van der Waals surface area contributed by atoms with Gasteiger partial charge in [0, 0.05) is 17.0 Å². The summed E-state index contributed by atoms with van der Waals surface area (Å²) in [5, 5.41) is 4.22. The van der Waals surface area contributed by atoms with Crippen LogP contribution in [0.5, 0.6) is 11.5 Å². The predicted octanol–water partition coefficient (Wildman–Crippen LogP) is 3.50. The molecular formula is C16H22N2O2S. The summed E-state index contributed by atoms with van der Waals surface area (Å²) >= 11 is 1.73. The second-order valence-corrected chi connectivity index (χ2v) is 5.66. The maximum Gasteiger partial charge on any atom is 0.161 e. The first-order chi connectivity index (χ1) is 10.2. The van der Waals surface area contributed by atoms with Gasteiger partial charge in [0.2, 0.25) is 0 Å². The monoisotopic (exact) mass is 306 g/mol. The molecule has 0 aliphatic carbocycles. The molecule has 2 aromatic rings. The highest BCUT2D eigenvalue weighted by Gasteiger charge is 2.13. The van der Waals surface area contributed by atoms with Gasteiger partial charge in [-0.15, -0.1) is 11.3 Å². The number of benzene rings is 1. The number of nitrogens with zero attached hydrogens (tertiary/aromatic N) is 1. The van der Waals surface area contributed by atoms with Crippen molar-refractivity contribution in [1.82, 2.24) is 10.3 Å². The summed E-state index contributed by atoms with van der Waals surface area (Å²) in [6.45, 7) is 5.58. The lowest BCUT2D eigenvalue weighted by molar-refractivity contribution is 0.311. The van der Waals surface area contributed by atoms with E-state index in [-0.39, 0.29) is 0 Å². The first-order valence-corrected chi connectivity index (χ1v) is 7.99. The Labute approximate surface area is 130 Å². The fourth-order valence-electron chi connectivity index (χ4n) is 2.16. The fourth-order valence-corrected chi connectivity index (χ4v) is 3.32. The molecule has 1 N–H and O–H groups in total. The van der Waals surface area contributed by atoms with Crippen LogP contribution in [0, 0.1) is 0 Å². The largest absolute Gasteiger partial charge is 0.493 e. The summed E-state index contributed by atoms with van der Waals surface area (Å²) in [4.78, 5) is 6.05. The van der Waals surface area contributed by atoms with E-state index >= 15 is 0 Å². The maximum atomic E-state index is 5.56. The molecule has 0 bridgehead atoms. The number of methoxy groups -OCH3 is 1. The van der Waals surface area contributed by atoms with Crippen LogP contribution >= 0.6 is 11.3 Å². The molecule has 0 unspecified atom stereocenters. The quantitative estimate of drug-likeness (QED) is 0.850. The van der Waals surface area contributed by atoms with E-state index in [1.807, 2.05) is 32.2 Å². The van der Waals surface area contributed by atoms with Gasteiger partial charge in [0.15, 0.2) is 11.5 Å². The second-order valence-electron chi connectivity index (χ2n) is 4.57. The number of thiazole rings is 1. The molecule has 4 nitrogen and oxygen atoms in total. The molecule has 0 amide bonds. The van der Waals surface area contributed by atoms with E-state index in [9.17, 15) is 0 Å². The molecule has 0 aliphatic rings. The molecule has 0 saturated carbocycles. The van der Waals surface area contributed by atoms with Crippen LogP contribution in [0.2, 0.25) is 0 Å². The van der Waals surface area contributed by atoms with E-state index in [0.717, 1.165) is 40.7 Å². The summed E-state index contributed by atoms with van der Waals surface area (Å²) in [6.07, 6.45) is 0.946. The fraction of sp³-hybridized carbons (Fsp3) is 0.438. The zero-order valence-electron chi connectivity index (χ0n) is 13.0. The Kier molecular flexibility index (Phi) is 5.59. The average Bonchev–Trinajstić information content (AvgIpc) is 2.91. The Bertz CT molecular complexity index is 596. The van der Waals surface area contributed by atoms with Crippen LogP contribution in [0.15, 0.2) is 18.2 Å². The van der Waals surface area contributed by atoms with Gasteiger partial charge < -0.3 is 14.8 Å². The van der Waals surface area contributed by atoms with Gasteiger partial charge in [0.05, 0.1) is 19.4 Å². The standard InChI is InChI=1S/C16H22N2O2S/c1-5-12-15(10-17-3)21-16(18-12)11-7-8-13(20-6-2)14(9-11)19-4/h7-9,17H,5-6,10H2,1-4H3. The third kappa shape index (κ3) is 3.54. The highest BCUT2D eigenvalue weighted by atomic mass is 32.1. The van der Waals surface area contributed by atoms with E-state index in [2.05, 4.69) is 12.2 Å². The van der Waals surface area contributed by atoms with Gasteiger partial charge in [-0.1, -0.05) is 6.92 Å². The molecule has 1 heterocycles. The number of hydrogen-bond donors (Lipinski definition) is 1. The highest BCUT2D eigenvalue weighted by molar-refractivity contribution is 7.15. The minimum atomic E-state index is 0.624. The summed E-state index contributed by atoms with van der Waals surface area (Å²) in [5.74, 6) is 1.52. The Morgan fingerprint density at radius 1 is 1.24 bits per heavy atom. The minimum Gasteiger partial charge on any atom is -0.493 e. The zero-order chi connectivity index (χ0) is 15.2. The third-order valence-corrected chi connectivity index (χ3v) is 4.31. The lowest BCUT2D eigenvalue weighted by atomic mass is 10.2. The number of nitrogens with one attached hydrogen (secondary N) is 1. The molecule has 0 saturated heterocycles. The lowest BCUT2D eigenvalue weighted by Gasteiger charge is -2.09. The van der Waals surface area contributed by atoms with Gasteiger partial charge >= 0.3 is 0 Å². The van der Waals surface area contributed by atoms with E-state index in [4.69, 9.17) is 14.5 Å². The van der Waals surface area contributed by atoms with Crippen molar-refractivity contribution in [3.05, 3.63) is 28.8 Å². The van der Waals surface area contributed by atoms with Crippen LogP contribution in [0.1, 0.15) is 24.4 Å². The van der Waals surface area contributed by atoms with Crippen LogP contribution in [0.25, 0.3) is 10.6 Å². The van der Waals surface area contributed by atoms with Crippen LogP contribution in [0.4, 0.5) is 0 Å². The molecule has 0 aliphatic heterocycles. The molecule has 114 valence electrons.